The number of benzene rings is 2. The van der Waals surface area contributed by atoms with E-state index in [1.54, 1.807) is 18.2 Å². The summed E-state index contributed by atoms with van der Waals surface area (Å²) in [6.45, 7) is 4.69. The van der Waals surface area contributed by atoms with Gasteiger partial charge < -0.3 is 5.32 Å². The Hall–Kier alpha value is -1.60. The van der Waals surface area contributed by atoms with Crippen molar-refractivity contribution < 1.29 is 13.2 Å². The highest BCUT2D eigenvalue weighted by molar-refractivity contribution is 7.88. The lowest BCUT2D eigenvalue weighted by molar-refractivity contribution is -0.127. The van der Waals surface area contributed by atoms with Gasteiger partial charge in [0.15, 0.2) is 0 Å². The zero-order valence-electron chi connectivity index (χ0n) is 17.8. The normalized spacial score (nSPS) is 16.3. The van der Waals surface area contributed by atoms with E-state index in [1.807, 2.05) is 44.2 Å². The third kappa shape index (κ3) is 6.69. The molecule has 8 heteroatoms. The molecule has 0 radical (unpaired) electrons. The van der Waals surface area contributed by atoms with E-state index in [0.717, 1.165) is 12.0 Å². The zero-order valence-corrected chi connectivity index (χ0v) is 20.1. The molecule has 0 spiro atoms. The molecular weight excluding hydrogens is 455 g/mol. The Morgan fingerprint density at radius 3 is 2.29 bits per heavy atom. The molecule has 0 bridgehead atoms. The van der Waals surface area contributed by atoms with Gasteiger partial charge in [-0.25, -0.2) is 12.7 Å². The second-order valence-electron chi connectivity index (χ2n) is 8.71. The Morgan fingerprint density at radius 1 is 1.03 bits per heavy atom. The standard InChI is InChI=1S/C23H28Cl2N2O3S/c1-23(2,15-17-6-4-3-5-7-17)26-22(28)19-10-12-27(13-11-19)31(29,30)16-18-8-9-20(24)21(25)14-18/h3-9,14,19H,10-13,15-16H2,1-2H3,(H,26,28). The number of amides is 1. The number of sulfonamides is 1. The number of carbonyl (C=O) groups excluding carboxylic acids is 1. The van der Waals surface area contributed by atoms with Crippen LogP contribution >= 0.6 is 23.2 Å². The van der Waals surface area contributed by atoms with Gasteiger partial charge in [-0.2, -0.15) is 0 Å². The Bertz CT molecular complexity index is 1020. The van der Waals surface area contributed by atoms with Gasteiger partial charge in [0.25, 0.3) is 0 Å². The van der Waals surface area contributed by atoms with Gasteiger partial charge in [-0.1, -0.05) is 59.6 Å². The van der Waals surface area contributed by atoms with E-state index in [9.17, 15) is 13.2 Å². The molecule has 1 fully saturated rings. The Kier molecular flexibility index (Phi) is 7.68. The van der Waals surface area contributed by atoms with Gasteiger partial charge in [-0.3, -0.25) is 4.79 Å². The molecule has 0 aromatic heterocycles. The molecule has 1 N–H and O–H groups in total. The van der Waals surface area contributed by atoms with Crippen LogP contribution < -0.4 is 5.32 Å². The van der Waals surface area contributed by atoms with E-state index in [2.05, 4.69) is 5.32 Å². The van der Waals surface area contributed by atoms with Gasteiger partial charge in [0, 0.05) is 24.5 Å². The zero-order chi connectivity index (χ0) is 22.6. The summed E-state index contributed by atoms with van der Waals surface area (Å²) in [5.74, 6) is -0.334. The summed E-state index contributed by atoms with van der Waals surface area (Å²) >= 11 is 11.9. The van der Waals surface area contributed by atoms with Gasteiger partial charge >= 0.3 is 0 Å². The average Bonchev–Trinajstić information content (AvgIpc) is 2.70. The molecule has 3 rings (SSSR count). The maximum atomic E-state index is 12.8. The maximum Gasteiger partial charge on any atom is 0.223 e. The molecule has 1 amide bonds. The Labute approximate surface area is 194 Å². The monoisotopic (exact) mass is 482 g/mol. The number of rotatable bonds is 7. The van der Waals surface area contributed by atoms with Crippen molar-refractivity contribution in [3.63, 3.8) is 0 Å². The van der Waals surface area contributed by atoms with E-state index >= 15 is 0 Å². The number of halogens is 2. The van der Waals surface area contributed by atoms with E-state index in [-0.39, 0.29) is 23.1 Å². The largest absolute Gasteiger partial charge is 0.351 e. The summed E-state index contributed by atoms with van der Waals surface area (Å²) in [6.07, 6.45) is 1.75. The van der Waals surface area contributed by atoms with E-state index < -0.39 is 10.0 Å². The highest BCUT2D eigenvalue weighted by Crippen LogP contribution is 2.26. The molecular formula is C23H28Cl2N2O3S. The van der Waals surface area contributed by atoms with Crippen molar-refractivity contribution in [3.05, 3.63) is 69.7 Å². The number of nitrogens with one attached hydrogen (secondary N) is 1. The fraction of sp³-hybridized carbons (Fsp3) is 0.435. The predicted molar refractivity (Wildman–Crippen MR) is 126 cm³/mol. The quantitative estimate of drug-likeness (QED) is 0.623. The molecule has 168 valence electrons. The SMILES string of the molecule is CC(C)(Cc1ccccc1)NC(=O)C1CCN(S(=O)(=O)Cc2ccc(Cl)c(Cl)c2)CC1. The average molecular weight is 483 g/mol. The second-order valence-corrected chi connectivity index (χ2v) is 11.5. The second kappa shape index (κ2) is 9.90. The lowest BCUT2D eigenvalue weighted by Crippen LogP contribution is -2.50. The minimum atomic E-state index is -3.49. The third-order valence-corrected chi connectivity index (χ3v) is 8.09. The molecule has 1 aliphatic rings. The number of carbonyl (C=O) groups is 1. The highest BCUT2D eigenvalue weighted by Gasteiger charge is 2.33. The van der Waals surface area contributed by atoms with Crippen LogP contribution in [0.1, 0.15) is 37.8 Å². The summed E-state index contributed by atoms with van der Waals surface area (Å²) in [6, 6.07) is 14.9. The number of nitrogens with zero attached hydrogens (tertiary/aromatic N) is 1. The van der Waals surface area contributed by atoms with Crippen LogP contribution in [0, 0.1) is 5.92 Å². The molecule has 1 heterocycles. The minimum Gasteiger partial charge on any atom is -0.351 e. The fourth-order valence-corrected chi connectivity index (χ4v) is 5.78. The fourth-order valence-electron chi connectivity index (χ4n) is 3.91. The lowest BCUT2D eigenvalue weighted by atomic mass is 9.91. The van der Waals surface area contributed by atoms with Gasteiger partial charge in [-0.05, 0) is 56.4 Å². The summed E-state index contributed by atoms with van der Waals surface area (Å²) in [7, 11) is -3.49. The molecule has 0 unspecified atom stereocenters. The first-order valence-electron chi connectivity index (χ1n) is 10.3. The number of hydrogen-bond acceptors (Lipinski definition) is 3. The lowest BCUT2D eigenvalue weighted by Gasteiger charge is -2.33. The third-order valence-electron chi connectivity index (χ3n) is 5.50. The summed E-state index contributed by atoms with van der Waals surface area (Å²) in [5, 5.41) is 3.87. The maximum absolute atomic E-state index is 12.8. The molecule has 1 saturated heterocycles. The van der Waals surface area contributed by atoms with Crippen LogP contribution in [0.4, 0.5) is 0 Å². The topological polar surface area (TPSA) is 66.5 Å². The van der Waals surface area contributed by atoms with Gasteiger partial charge in [-0.15, -0.1) is 0 Å². The van der Waals surface area contributed by atoms with Crippen LogP contribution in [0.5, 0.6) is 0 Å². The van der Waals surface area contributed by atoms with Crippen LogP contribution in [0.2, 0.25) is 10.0 Å². The van der Waals surface area contributed by atoms with Crippen LogP contribution in [-0.4, -0.2) is 37.3 Å². The van der Waals surface area contributed by atoms with Crippen LogP contribution in [-0.2, 0) is 27.0 Å². The summed E-state index contributed by atoms with van der Waals surface area (Å²) < 4.78 is 27.1. The minimum absolute atomic E-state index is 0.0116. The molecule has 31 heavy (non-hydrogen) atoms. The molecule has 2 aromatic carbocycles. The Morgan fingerprint density at radius 2 is 1.68 bits per heavy atom. The van der Waals surface area contributed by atoms with Gasteiger partial charge in [0.1, 0.15) is 0 Å². The summed E-state index contributed by atoms with van der Waals surface area (Å²) in [4.78, 5) is 12.8. The van der Waals surface area contributed by atoms with E-state index in [4.69, 9.17) is 23.2 Å². The molecule has 5 nitrogen and oxygen atoms in total. The molecule has 0 aliphatic carbocycles. The predicted octanol–water partition coefficient (Wildman–Crippen LogP) is 4.67. The van der Waals surface area contributed by atoms with Crippen molar-refractivity contribution in [1.82, 2.24) is 9.62 Å². The first-order valence-corrected chi connectivity index (χ1v) is 12.7. The van der Waals surface area contributed by atoms with Crippen molar-refractivity contribution >= 4 is 39.1 Å². The van der Waals surface area contributed by atoms with Crippen molar-refractivity contribution in [1.29, 1.82) is 0 Å². The highest BCUT2D eigenvalue weighted by atomic mass is 35.5. The first-order chi connectivity index (χ1) is 14.6. The van der Waals surface area contributed by atoms with E-state index in [0.29, 0.717) is 41.5 Å². The van der Waals surface area contributed by atoms with Crippen LogP contribution in [0.15, 0.2) is 48.5 Å². The van der Waals surface area contributed by atoms with Crippen molar-refractivity contribution in [2.45, 2.75) is 44.4 Å². The number of piperidine rings is 1. The first kappa shape index (κ1) is 24.1. The van der Waals surface area contributed by atoms with Crippen LogP contribution in [0.3, 0.4) is 0 Å². The van der Waals surface area contributed by atoms with Crippen LogP contribution in [0.25, 0.3) is 0 Å². The molecule has 0 saturated carbocycles. The number of hydrogen-bond donors (Lipinski definition) is 1. The van der Waals surface area contributed by atoms with Gasteiger partial charge in [0.05, 0.1) is 15.8 Å². The molecule has 1 aliphatic heterocycles. The van der Waals surface area contributed by atoms with Crippen molar-refractivity contribution in [2.24, 2.45) is 5.92 Å². The van der Waals surface area contributed by atoms with E-state index in [1.165, 1.54) is 4.31 Å². The summed E-state index contributed by atoms with van der Waals surface area (Å²) in [5.41, 5.74) is 1.38. The Balaban J connectivity index is 1.54. The smallest absolute Gasteiger partial charge is 0.223 e. The van der Waals surface area contributed by atoms with Crippen molar-refractivity contribution in [3.8, 4) is 0 Å². The molecule has 2 aromatic rings. The van der Waals surface area contributed by atoms with Crippen molar-refractivity contribution in [2.75, 3.05) is 13.1 Å². The van der Waals surface area contributed by atoms with Gasteiger partial charge in [0.2, 0.25) is 15.9 Å². The molecule has 0 atom stereocenters.